The first kappa shape index (κ1) is 10.5. The van der Waals surface area contributed by atoms with Crippen LogP contribution in [0.2, 0.25) is 5.02 Å². The molecular formula is C9H8BrClO2. The molecule has 0 aliphatic carbocycles. The number of benzene rings is 1. The molecule has 0 radical (unpaired) electrons. The minimum absolute atomic E-state index is 0.255. The molecule has 0 atom stereocenters. The van der Waals surface area contributed by atoms with Crippen molar-refractivity contribution in [3.8, 4) is 0 Å². The molecular weight excluding hydrogens is 255 g/mol. The van der Waals surface area contributed by atoms with E-state index in [1.165, 1.54) is 7.11 Å². The highest BCUT2D eigenvalue weighted by Gasteiger charge is 2.04. The lowest BCUT2D eigenvalue weighted by Crippen LogP contribution is -2.04. The standard InChI is InChI=1S/C9H8BrClO2/c1-13-9(12)5-6-2-3-8(11)7(10)4-6/h2-4H,5H2,1H3. The Morgan fingerprint density at radius 3 is 2.85 bits per heavy atom. The summed E-state index contributed by atoms with van der Waals surface area (Å²) in [5.74, 6) is -0.255. The number of ether oxygens (including phenoxy) is 1. The summed E-state index contributed by atoms with van der Waals surface area (Å²) >= 11 is 9.06. The van der Waals surface area contributed by atoms with Gasteiger partial charge < -0.3 is 4.74 Å². The van der Waals surface area contributed by atoms with Crippen molar-refractivity contribution in [3.63, 3.8) is 0 Å². The second-order valence-corrected chi connectivity index (χ2v) is 3.76. The van der Waals surface area contributed by atoms with Gasteiger partial charge in [0.05, 0.1) is 18.6 Å². The second kappa shape index (κ2) is 4.63. The molecule has 1 aromatic rings. The third-order valence-electron chi connectivity index (χ3n) is 1.56. The fraction of sp³-hybridized carbons (Fsp3) is 0.222. The summed E-state index contributed by atoms with van der Waals surface area (Å²) in [4.78, 5) is 10.9. The number of carbonyl (C=O) groups is 1. The Labute approximate surface area is 90.0 Å². The summed E-state index contributed by atoms with van der Waals surface area (Å²) in [7, 11) is 1.37. The van der Waals surface area contributed by atoms with Gasteiger partial charge in [-0.25, -0.2) is 0 Å². The van der Waals surface area contributed by atoms with Gasteiger partial charge in [0.25, 0.3) is 0 Å². The fourth-order valence-corrected chi connectivity index (χ4v) is 1.43. The van der Waals surface area contributed by atoms with Gasteiger partial charge in [0.2, 0.25) is 0 Å². The van der Waals surface area contributed by atoms with Crippen LogP contribution in [0, 0.1) is 0 Å². The van der Waals surface area contributed by atoms with Crippen LogP contribution < -0.4 is 0 Å². The van der Waals surface area contributed by atoms with E-state index in [0.717, 1.165) is 10.0 Å². The molecule has 0 aliphatic heterocycles. The van der Waals surface area contributed by atoms with Crippen LogP contribution in [0.15, 0.2) is 22.7 Å². The molecule has 0 aromatic heterocycles. The predicted octanol–water partition coefficient (Wildman–Crippen LogP) is 2.82. The van der Waals surface area contributed by atoms with Crippen LogP contribution in [0.3, 0.4) is 0 Å². The van der Waals surface area contributed by atoms with Crippen LogP contribution in [0.5, 0.6) is 0 Å². The van der Waals surface area contributed by atoms with Crippen LogP contribution in [0.25, 0.3) is 0 Å². The second-order valence-electron chi connectivity index (χ2n) is 2.50. The minimum atomic E-state index is -0.255. The van der Waals surface area contributed by atoms with E-state index in [1.54, 1.807) is 18.2 Å². The zero-order valence-corrected chi connectivity index (χ0v) is 9.35. The van der Waals surface area contributed by atoms with Crippen molar-refractivity contribution in [2.24, 2.45) is 0 Å². The monoisotopic (exact) mass is 262 g/mol. The largest absolute Gasteiger partial charge is 0.469 e. The molecule has 0 aliphatic rings. The van der Waals surface area contributed by atoms with Crippen LogP contribution >= 0.6 is 27.5 Å². The lowest BCUT2D eigenvalue weighted by Gasteiger charge is -2.01. The van der Waals surface area contributed by atoms with Gasteiger partial charge in [-0.2, -0.15) is 0 Å². The Bertz CT molecular complexity index is 325. The molecule has 0 bridgehead atoms. The smallest absolute Gasteiger partial charge is 0.309 e. The molecule has 0 heterocycles. The third kappa shape index (κ3) is 3.01. The average molecular weight is 264 g/mol. The summed E-state index contributed by atoms with van der Waals surface area (Å²) in [5.41, 5.74) is 0.878. The molecule has 1 aromatic carbocycles. The van der Waals surface area contributed by atoms with Gasteiger partial charge in [-0.15, -0.1) is 0 Å². The van der Waals surface area contributed by atoms with Crippen LogP contribution in [-0.2, 0) is 16.0 Å². The molecule has 70 valence electrons. The average Bonchev–Trinajstić information content (AvgIpc) is 2.11. The summed E-state index contributed by atoms with van der Waals surface area (Å²) in [6.07, 6.45) is 0.270. The number of hydrogen-bond acceptors (Lipinski definition) is 2. The lowest BCUT2D eigenvalue weighted by molar-refractivity contribution is -0.139. The molecule has 0 unspecified atom stereocenters. The van der Waals surface area contributed by atoms with Crippen LogP contribution in [0.4, 0.5) is 0 Å². The molecule has 0 amide bonds. The van der Waals surface area contributed by atoms with Crippen molar-refractivity contribution < 1.29 is 9.53 Å². The van der Waals surface area contributed by atoms with Gasteiger partial charge in [-0.1, -0.05) is 17.7 Å². The van der Waals surface area contributed by atoms with E-state index in [0.29, 0.717) is 5.02 Å². The Kier molecular flexibility index (Phi) is 3.75. The normalized spacial score (nSPS) is 9.77. The maximum absolute atomic E-state index is 10.9. The molecule has 0 fully saturated rings. The molecule has 2 nitrogen and oxygen atoms in total. The SMILES string of the molecule is COC(=O)Cc1ccc(Cl)c(Br)c1. The van der Waals surface area contributed by atoms with Crippen LogP contribution in [-0.4, -0.2) is 13.1 Å². The molecule has 0 N–H and O–H groups in total. The number of halogens is 2. The number of esters is 1. The third-order valence-corrected chi connectivity index (χ3v) is 2.77. The molecule has 13 heavy (non-hydrogen) atoms. The Hall–Kier alpha value is -0.540. The topological polar surface area (TPSA) is 26.3 Å². The molecule has 0 saturated heterocycles. The van der Waals surface area contributed by atoms with Crippen molar-refractivity contribution >= 4 is 33.5 Å². The molecule has 1 rings (SSSR count). The quantitative estimate of drug-likeness (QED) is 0.767. The number of methoxy groups -OCH3 is 1. The Morgan fingerprint density at radius 1 is 1.62 bits per heavy atom. The van der Waals surface area contributed by atoms with E-state index in [4.69, 9.17) is 11.6 Å². The number of hydrogen-bond donors (Lipinski definition) is 0. The highest BCUT2D eigenvalue weighted by Crippen LogP contribution is 2.23. The minimum Gasteiger partial charge on any atom is -0.469 e. The van der Waals surface area contributed by atoms with Crippen molar-refractivity contribution in [1.82, 2.24) is 0 Å². The van der Waals surface area contributed by atoms with Gasteiger partial charge in [0, 0.05) is 4.47 Å². The van der Waals surface area contributed by atoms with Gasteiger partial charge in [0.15, 0.2) is 0 Å². The van der Waals surface area contributed by atoms with Crippen LogP contribution in [0.1, 0.15) is 5.56 Å². The van der Waals surface area contributed by atoms with Crippen molar-refractivity contribution in [2.45, 2.75) is 6.42 Å². The summed E-state index contributed by atoms with van der Waals surface area (Å²) in [6, 6.07) is 5.34. The molecule has 0 spiro atoms. The molecule has 4 heteroatoms. The van der Waals surface area contributed by atoms with E-state index < -0.39 is 0 Å². The zero-order chi connectivity index (χ0) is 9.84. The van der Waals surface area contributed by atoms with Crippen molar-refractivity contribution in [2.75, 3.05) is 7.11 Å². The zero-order valence-electron chi connectivity index (χ0n) is 7.01. The first-order chi connectivity index (χ1) is 6.13. The number of carbonyl (C=O) groups excluding carboxylic acids is 1. The van der Waals surface area contributed by atoms with E-state index in [2.05, 4.69) is 20.7 Å². The maximum atomic E-state index is 10.9. The first-order valence-electron chi connectivity index (χ1n) is 3.64. The van der Waals surface area contributed by atoms with Crippen molar-refractivity contribution in [3.05, 3.63) is 33.3 Å². The van der Waals surface area contributed by atoms with Gasteiger partial charge in [-0.05, 0) is 33.6 Å². The van der Waals surface area contributed by atoms with E-state index in [1.807, 2.05) is 0 Å². The summed E-state index contributed by atoms with van der Waals surface area (Å²) in [6.45, 7) is 0. The maximum Gasteiger partial charge on any atom is 0.309 e. The Balaban J connectivity index is 2.79. The van der Waals surface area contributed by atoms with Crippen molar-refractivity contribution in [1.29, 1.82) is 0 Å². The summed E-state index contributed by atoms with van der Waals surface area (Å²) < 4.78 is 5.32. The van der Waals surface area contributed by atoms with Gasteiger partial charge in [0.1, 0.15) is 0 Å². The summed E-state index contributed by atoms with van der Waals surface area (Å²) in [5, 5.41) is 0.633. The highest BCUT2D eigenvalue weighted by molar-refractivity contribution is 9.10. The Morgan fingerprint density at radius 2 is 2.31 bits per heavy atom. The van der Waals surface area contributed by atoms with Gasteiger partial charge >= 0.3 is 5.97 Å². The highest BCUT2D eigenvalue weighted by atomic mass is 79.9. The van der Waals surface area contributed by atoms with E-state index >= 15 is 0 Å². The fourth-order valence-electron chi connectivity index (χ4n) is 0.888. The lowest BCUT2D eigenvalue weighted by atomic mass is 10.1. The predicted molar refractivity (Wildman–Crippen MR) is 54.9 cm³/mol. The van der Waals surface area contributed by atoms with E-state index in [-0.39, 0.29) is 12.4 Å². The number of rotatable bonds is 2. The first-order valence-corrected chi connectivity index (χ1v) is 4.81. The van der Waals surface area contributed by atoms with E-state index in [9.17, 15) is 4.79 Å². The molecule has 0 saturated carbocycles. The van der Waals surface area contributed by atoms with Gasteiger partial charge in [-0.3, -0.25) is 4.79 Å².